The third-order valence-electron chi connectivity index (χ3n) is 14.7. The molecule has 1 aliphatic rings. The van der Waals surface area contributed by atoms with Gasteiger partial charge in [0.05, 0.1) is 0 Å². The Hall–Kier alpha value is -9.50. The molecule has 0 N–H and O–H groups in total. The Balaban J connectivity index is 1.11. The maximum absolute atomic E-state index is 2.52. The number of benzene rings is 12. The molecule has 0 amide bonds. The predicted octanol–water partition coefficient (Wildman–Crippen LogP) is 20.2. The third kappa shape index (κ3) is 8.33. The summed E-state index contributed by atoms with van der Waals surface area (Å²) in [6.07, 6.45) is 6.53. The van der Waals surface area contributed by atoms with Gasteiger partial charge in [-0.2, -0.15) is 0 Å². The molecule has 0 fully saturated rings. The third-order valence-corrected chi connectivity index (χ3v) is 14.7. The fraction of sp³-hybridized carbons (Fsp3) is 0.0278. The van der Waals surface area contributed by atoms with Crippen LogP contribution in [0.2, 0.25) is 0 Å². The first-order chi connectivity index (χ1) is 36.7. The van der Waals surface area contributed by atoms with E-state index in [0.717, 1.165) is 41.3 Å². The van der Waals surface area contributed by atoms with E-state index in [0.29, 0.717) is 0 Å². The molecule has 0 saturated heterocycles. The molecular weight excluding hydrogens is 893 g/mol. The second-order valence-corrected chi connectivity index (χ2v) is 19.1. The average Bonchev–Trinajstić information content (AvgIpc) is 3.49. The van der Waals surface area contributed by atoms with Crippen LogP contribution < -0.4 is 9.80 Å². The van der Waals surface area contributed by atoms with Crippen LogP contribution >= 0.6 is 0 Å². The topological polar surface area (TPSA) is 6.48 Å². The molecule has 12 aromatic carbocycles. The Morgan fingerprint density at radius 3 is 1.08 bits per heavy atom. The maximum Gasteiger partial charge on any atom is 0.0462 e. The summed E-state index contributed by atoms with van der Waals surface area (Å²) in [4.78, 5) is 4.76. The standard InChI is InChI=1S/C72H52N2/c1-8-22-51(23-9-1)56-40-46-64-68(48-56)69-49-57(52-24-10-2-11-25-52)41-47-65(69)72-70(55-38-44-63(45-39-55)74(60-32-18-6-19-33-60)61-34-20-7-21-35-61)66(53-26-12-3-13-27-53)50-67(71(64)72)54-36-42-62(43-37-54)73(58-28-14-4-15-29-58)59-30-16-5-17-31-59/h1-36,38-42,44-50H,37,43H2. The Morgan fingerprint density at radius 1 is 0.243 bits per heavy atom. The second-order valence-electron chi connectivity index (χ2n) is 19.1. The van der Waals surface area contributed by atoms with Gasteiger partial charge in [0.2, 0.25) is 0 Å². The van der Waals surface area contributed by atoms with Gasteiger partial charge in [-0.15, -0.1) is 0 Å². The van der Waals surface area contributed by atoms with Crippen LogP contribution in [0, 0.1) is 0 Å². The Bertz CT molecular complexity index is 3920. The highest BCUT2D eigenvalue weighted by Crippen LogP contribution is 2.51. The smallest absolute Gasteiger partial charge is 0.0462 e. The van der Waals surface area contributed by atoms with E-state index >= 15 is 0 Å². The van der Waals surface area contributed by atoms with Crippen molar-refractivity contribution in [2.45, 2.75) is 12.8 Å². The quantitative estimate of drug-likeness (QED) is 0.119. The molecule has 2 nitrogen and oxygen atoms in total. The Morgan fingerprint density at radius 2 is 0.635 bits per heavy atom. The molecule has 0 unspecified atom stereocenters. The van der Waals surface area contributed by atoms with Gasteiger partial charge in [0.25, 0.3) is 0 Å². The van der Waals surface area contributed by atoms with Gasteiger partial charge in [-0.1, -0.05) is 206 Å². The van der Waals surface area contributed by atoms with E-state index in [1.807, 2.05) is 0 Å². The molecule has 0 heterocycles. The lowest BCUT2D eigenvalue weighted by Gasteiger charge is -2.30. The predicted molar refractivity (Wildman–Crippen MR) is 316 cm³/mol. The number of nitrogens with zero attached hydrogens (tertiary/aromatic N) is 2. The van der Waals surface area contributed by atoms with Crippen LogP contribution in [0.4, 0.5) is 28.4 Å². The lowest BCUT2D eigenvalue weighted by molar-refractivity contribution is 0.931. The summed E-state index contributed by atoms with van der Waals surface area (Å²) in [7, 11) is 0. The molecule has 0 bridgehead atoms. The van der Waals surface area contributed by atoms with Gasteiger partial charge < -0.3 is 9.80 Å². The highest BCUT2D eigenvalue weighted by Gasteiger charge is 2.26. The molecule has 2 heteroatoms. The van der Waals surface area contributed by atoms with Crippen LogP contribution in [-0.4, -0.2) is 0 Å². The van der Waals surface area contributed by atoms with Crippen molar-refractivity contribution in [2.24, 2.45) is 0 Å². The summed E-state index contributed by atoms with van der Waals surface area (Å²) in [6, 6.07) is 102. The van der Waals surface area contributed by atoms with Crippen LogP contribution in [0.1, 0.15) is 18.4 Å². The van der Waals surface area contributed by atoms with Gasteiger partial charge in [0, 0.05) is 34.1 Å². The fourth-order valence-electron chi connectivity index (χ4n) is 11.3. The lowest BCUT2D eigenvalue weighted by atomic mass is 9.79. The Kier molecular flexibility index (Phi) is 11.8. The van der Waals surface area contributed by atoms with Crippen LogP contribution in [-0.2, 0) is 0 Å². The van der Waals surface area contributed by atoms with Crippen LogP contribution in [0.15, 0.2) is 297 Å². The minimum Gasteiger partial charge on any atom is -0.314 e. The van der Waals surface area contributed by atoms with Gasteiger partial charge in [0.15, 0.2) is 0 Å². The zero-order valence-electron chi connectivity index (χ0n) is 41.0. The largest absolute Gasteiger partial charge is 0.314 e. The number of hydrogen-bond donors (Lipinski definition) is 0. The van der Waals surface area contributed by atoms with Gasteiger partial charge in [0.1, 0.15) is 0 Å². The number of fused-ring (bicyclic) bond motifs is 6. The molecule has 0 radical (unpaired) electrons. The first-order valence-electron chi connectivity index (χ1n) is 25.7. The van der Waals surface area contributed by atoms with Gasteiger partial charge in [-0.05, 0) is 186 Å². The lowest BCUT2D eigenvalue weighted by Crippen LogP contribution is -2.17. The van der Waals surface area contributed by atoms with E-state index in [9.17, 15) is 0 Å². The summed E-state index contributed by atoms with van der Waals surface area (Å²) in [5, 5.41) is 7.50. The van der Waals surface area contributed by atoms with Crippen LogP contribution in [0.5, 0.6) is 0 Å². The second kappa shape index (κ2) is 19.6. The summed E-state index contributed by atoms with van der Waals surface area (Å²) in [5.41, 5.74) is 19.1. The van der Waals surface area contributed by atoms with Crippen molar-refractivity contribution in [3.63, 3.8) is 0 Å². The van der Waals surface area contributed by atoms with Crippen molar-refractivity contribution in [3.8, 4) is 44.5 Å². The molecule has 12 aromatic rings. The normalized spacial score (nSPS) is 12.4. The van der Waals surface area contributed by atoms with Crippen molar-refractivity contribution in [3.05, 3.63) is 302 Å². The van der Waals surface area contributed by atoms with Crippen LogP contribution in [0.3, 0.4) is 0 Å². The zero-order chi connectivity index (χ0) is 49.2. The molecule has 0 spiro atoms. The molecule has 74 heavy (non-hydrogen) atoms. The average molecular weight is 945 g/mol. The van der Waals surface area contributed by atoms with Crippen LogP contribution in [0.25, 0.3) is 82.4 Å². The molecular formula is C72H52N2. The minimum atomic E-state index is 0.878. The van der Waals surface area contributed by atoms with Crippen molar-refractivity contribution in [2.75, 3.05) is 9.80 Å². The van der Waals surface area contributed by atoms with E-state index in [1.165, 1.54) is 93.7 Å². The molecule has 350 valence electrons. The van der Waals surface area contributed by atoms with Crippen molar-refractivity contribution in [1.82, 2.24) is 0 Å². The first-order valence-corrected chi connectivity index (χ1v) is 25.7. The first kappa shape index (κ1) is 44.4. The number of hydrogen-bond acceptors (Lipinski definition) is 2. The molecule has 0 saturated carbocycles. The highest BCUT2D eigenvalue weighted by molar-refractivity contribution is 6.32. The summed E-state index contributed by atoms with van der Waals surface area (Å²) in [5.74, 6) is 0. The monoisotopic (exact) mass is 944 g/mol. The zero-order valence-corrected chi connectivity index (χ0v) is 41.0. The van der Waals surface area contributed by atoms with E-state index in [1.54, 1.807) is 0 Å². The SMILES string of the molecule is C1=C(c2cc(-c3ccccc3)c(-c3ccc(N(c4ccccc4)c4ccccc4)cc3)c3c4ccc(-c5ccccc5)cc4c4cc(-c5ccccc5)ccc4c23)CCC(N(c2ccccc2)c2ccccc2)=C1. The highest BCUT2D eigenvalue weighted by atomic mass is 15.2. The van der Waals surface area contributed by atoms with Crippen molar-refractivity contribution < 1.29 is 0 Å². The van der Waals surface area contributed by atoms with E-state index < -0.39 is 0 Å². The maximum atomic E-state index is 2.52. The van der Waals surface area contributed by atoms with E-state index in [4.69, 9.17) is 0 Å². The van der Waals surface area contributed by atoms with Crippen molar-refractivity contribution in [1.29, 1.82) is 0 Å². The number of allylic oxidation sites excluding steroid dienone is 4. The van der Waals surface area contributed by atoms with E-state index in [-0.39, 0.29) is 0 Å². The van der Waals surface area contributed by atoms with E-state index in [2.05, 4.69) is 301 Å². The molecule has 13 rings (SSSR count). The fourth-order valence-corrected chi connectivity index (χ4v) is 11.3. The Labute approximate surface area is 433 Å². The minimum absolute atomic E-state index is 0.878. The van der Waals surface area contributed by atoms with Gasteiger partial charge in [-0.3, -0.25) is 0 Å². The number of anilines is 5. The molecule has 0 atom stereocenters. The molecule has 1 aliphatic carbocycles. The summed E-state index contributed by atoms with van der Waals surface area (Å²) in [6.45, 7) is 0. The number of para-hydroxylation sites is 4. The van der Waals surface area contributed by atoms with Gasteiger partial charge in [-0.25, -0.2) is 0 Å². The van der Waals surface area contributed by atoms with Gasteiger partial charge >= 0.3 is 0 Å². The van der Waals surface area contributed by atoms with Crippen molar-refractivity contribution >= 4 is 66.3 Å². The molecule has 0 aromatic heterocycles. The number of rotatable bonds is 11. The molecule has 0 aliphatic heterocycles. The summed E-state index contributed by atoms with van der Waals surface area (Å²) < 4.78 is 0. The summed E-state index contributed by atoms with van der Waals surface area (Å²) >= 11 is 0.